The minimum absolute atomic E-state index is 0.0457. The number of piperidine rings is 1. The van der Waals surface area contributed by atoms with Crippen molar-refractivity contribution in [2.24, 2.45) is 0 Å². The molecule has 6 nitrogen and oxygen atoms in total. The van der Waals surface area contributed by atoms with E-state index in [1.54, 1.807) is 74.6 Å². The lowest BCUT2D eigenvalue weighted by atomic mass is 9.76. The van der Waals surface area contributed by atoms with Gasteiger partial charge >= 0.3 is 0 Å². The smallest absolute Gasteiger partial charge is 0.253 e. The van der Waals surface area contributed by atoms with Gasteiger partial charge in [-0.25, -0.2) is 8.78 Å². The molecule has 0 bridgehead atoms. The number of anilines is 1. The number of carbonyl (C=O) groups is 2. The summed E-state index contributed by atoms with van der Waals surface area (Å²) in [6.45, 7) is 1.87. The first-order chi connectivity index (χ1) is 19.0. The second-order valence-corrected chi connectivity index (χ2v) is 11.0. The van der Waals surface area contributed by atoms with Gasteiger partial charge in [0.05, 0.1) is 20.8 Å². The molecular weight excluding hydrogens is 561 g/mol. The number of rotatable bonds is 6. The Kier molecular flexibility index (Phi) is 7.44. The van der Waals surface area contributed by atoms with Gasteiger partial charge < -0.3 is 19.3 Å². The highest BCUT2D eigenvalue weighted by atomic mass is 35.5. The van der Waals surface area contributed by atoms with E-state index in [1.807, 2.05) is 6.07 Å². The van der Waals surface area contributed by atoms with E-state index in [1.165, 1.54) is 4.90 Å². The van der Waals surface area contributed by atoms with Gasteiger partial charge in [0.15, 0.2) is 0 Å². The molecule has 3 aromatic carbocycles. The molecule has 2 heterocycles. The predicted octanol–water partition coefficient (Wildman–Crippen LogP) is 6.73. The number of benzene rings is 3. The number of carbonyl (C=O) groups excluding carboxylic acids is 2. The van der Waals surface area contributed by atoms with Crippen LogP contribution in [-0.2, 0) is 16.8 Å². The van der Waals surface area contributed by atoms with Crippen LogP contribution < -0.4 is 14.4 Å². The molecule has 10 heteroatoms. The van der Waals surface area contributed by atoms with Crippen molar-refractivity contribution in [1.29, 1.82) is 0 Å². The van der Waals surface area contributed by atoms with E-state index in [9.17, 15) is 18.4 Å². The van der Waals surface area contributed by atoms with Crippen LogP contribution in [0.15, 0.2) is 54.6 Å². The maximum Gasteiger partial charge on any atom is 0.253 e. The number of fused-ring (bicyclic) bond motifs is 1. The van der Waals surface area contributed by atoms with Gasteiger partial charge in [0.25, 0.3) is 11.8 Å². The van der Waals surface area contributed by atoms with Gasteiger partial charge in [0, 0.05) is 58.9 Å². The minimum atomic E-state index is -2.77. The molecule has 2 aliphatic heterocycles. The highest BCUT2D eigenvalue weighted by molar-refractivity contribution is 6.33. The zero-order valence-corrected chi connectivity index (χ0v) is 23.8. The second kappa shape index (κ2) is 10.6. The largest absolute Gasteiger partial charge is 0.497 e. The fourth-order valence-corrected chi connectivity index (χ4v) is 5.95. The third kappa shape index (κ3) is 4.88. The standard InChI is InChI=1S/C30H28Cl2F2N2O4/c1-29(22-14-18(5-8-24(22)32)27(37)35-12-10-30(33,34)11-13-35)23-15-20(31)6-9-25(23)36(28(29)38)17-19-4-7-21(39-2)16-26(19)40-3/h4-9,14-16H,10-13,17H2,1-3H3. The van der Waals surface area contributed by atoms with Crippen molar-refractivity contribution in [3.63, 3.8) is 0 Å². The van der Waals surface area contributed by atoms with E-state index in [-0.39, 0.29) is 49.9 Å². The van der Waals surface area contributed by atoms with E-state index in [2.05, 4.69) is 0 Å². The van der Waals surface area contributed by atoms with Crippen LogP contribution in [0.5, 0.6) is 11.5 Å². The molecule has 1 unspecified atom stereocenters. The Morgan fingerprint density at radius 2 is 1.68 bits per heavy atom. The summed E-state index contributed by atoms with van der Waals surface area (Å²) >= 11 is 13.1. The lowest BCUT2D eigenvalue weighted by molar-refractivity contribution is -0.121. The maximum absolute atomic E-state index is 14.3. The molecule has 1 atom stereocenters. The van der Waals surface area contributed by atoms with E-state index < -0.39 is 11.3 Å². The summed E-state index contributed by atoms with van der Waals surface area (Å²) in [5.74, 6) is -2.23. The maximum atomic E-state index is 14.3. The number of halogens is 4. The average Bonchev–Trinajstić information content (AvgIpc) is 3.14. The third-order valence-electron chi connectivity index (χ3n) is 7.82. The average molecular weight is 589 g/mol. The van der Waals surface area contributed by atoms with Gasteiger partial charge in [-0.1, -0.05) is 23.2 Å². The van der Waals surface area contributed by atoms with Crippen molar-refractivity contribution in [3.05, 3.63) is 86.9 Å². The van der Waals surface area contributed by atoms with Gasteiger partial charge in [-0.3, -0.25) is 9.59 Å². The Morgan fingerprint density at radius 1 is 0.950 bits per heavy atom. The number of amides is 2. The van der Waals surface area contributed by atoms with Crippen LogP contribution in [0.4, 0.5) is 14.5 Å². The van der Waals surface area contributed by atoms with E-state index >= 15 is 0 Å². The SMILES string of the molecule is COc1ccc(CN2C(=O)C(C)(c3cc(C(=O)N4CCC(F)(F)CC4)ccc3Cl)c3cc(Cl)ccc32)c(OC)c1. The van der Waals surface area contributed by atoms with Gasteiger partial charge in [0.2, 0.25) is 5.91 Å². The predicted molar refractivity (Wildman–Crippen MR) is 150 cm³/mol. The van der Waals surface area contributed by atoms with E-state index in [0.717, 1.165) is 5.56 Å². The van der Waals surface area contributed by atoms with Crippen molar-refractivity contribution in [1.82, 2.24) is 4.90 Å². The van der Waals surface area contributed by atoms with Gasteiger partial charge in [-0.2, -0.15) is 0 Å². The van der Waals surface area contributed by atoms with Gasteiger partial charge in [0.1, 0.15) is 16.9 Å². The molecule has 1 saturated heterocycles. The minimum Gasteiger partial charge on any atom is -0.497 e. The molecule has 2 aliphatic rings. The fraction of sp³-hybridized carbons (Fsp3) is 0.333. The number of hydrogen-bond donors (Lipinski definition) is 0. The zero-order valence-electron chi connectivity index (χ0n) is 22.3. The molecule has 0 aliphatic carbocycles. The van der Waals surface area contributed by atoms with Crippen molar-refractivity contribution >= 4 is 40.7 Å². The number of ether oxygens (including phenoxy) is 2. The normalized spacial score (nSPS) is 19.9. The summed E-state index contributed by atoms with van der Waals surface area (Å²) in [5, 5.41) is 0.742. The van der Waals surface area contributed by atoms with Crippen LogP contribution in [0.3, 0.4) is 0 Å². The highest BCUT2D eigenvalue weighted by Crippen LogP contribution is 2.49. The van der Waals surface area contributed by atoms with Crippen LogP contribution in [0.1, 0.15) is 46.8 Å². The molecule has 0 spiro atoms. The molecule has 0 N–H and O–H groups in total. The Bertz CT molecular complexity index is 1490. The third-order valence-corrected chi connectivity index (χ3v) is 8.38. The van der Waals surface area contributed by atoms with Crippen LogP contribution in [0.25, 0.3) is 0 Å². The van der Waals surface area contributed by atoms with Crippen LogP contribution >= 0.6 is 23.2 Å². The van der Waals surface area contributed by atoms with Crippen molar-refractivity contribution in [3.8, 4) is 11.5 Å². The van der Waals surface area contributed by atoms with Crippen molar-refractivity contribution in [2.75, 3.05) is 32.2 Å². The van der Waals surface area contributed by atoms with Crippen LogP contribution in [0.2, 0.25) is 10.0 Å². The second-order valence-electron chi connectivity index (χ2n) is 10.2. The topological polar surface area (TPSA) is 59.1 Å². The van der Waals surface area contributed by atoms with Crippen molar-refractivity contribution < 1.29 is 27.8 Å². The number of nitrogens with zero attached hydrogens (tertiary/aromatic N) is 2. The summed E-state index contributed by atoms with van der Waals surface area (Å²) in [7, 11) is 3.11. The van der Waals surface area contributed by atoms with Crippen LogP contribution in [-0.4, -0.2) is 49.9 Å². The summed E-state index contributed by atoms with van der Waals surface area (Å²) in [5.41, 5.74) is 1.49. The molecule has 40 heavy (non-hydrogen) atoms. The Balaban J connectivity index is 1.55. The molecule has 0 radical (unpaired) electrons. The quantitative estimate of drug-likeness (QED) is 0.320. The molecule has 0 saturated carbocycles. The van der Waals surface area contributed by atoms with Crippen LogP contribution in [0, 0.1) is 0 Å². The Morgan fingerprint density at radius 3 is 2.35 bits per heavy atom. The number of methoxy groups -OCH3 is 2. The molecule has 210 valence electrons. The lowest BCUT2D eigenvalue weighted by Gasteiger charge is -2.32. The summed E-state index contributed by atoms with van der Waals surface area (Å²) < 4.78 is 38.2. The van der Waals surface area contributed by atoms with Crippen molar-refractivity contribution in [2.45, 2.75) is 37.6 Å². The molecule has 1 fully saturated rings. The number of alkyl halides is 2. The first-order valence-corrected chi connectivity index (χ1v) is 13.5. The highest BCUT2D eigenvalue weighted by Gasteiger charge is 2.50. The molecular formula is C30H28Cl2F2N2O4. The molecule has 0 aromatic heterocycles. The van der Waals surface area contributed by atoms with Gasteiger partial charge in [-0.05, 0) is 66.6 Å². The monoisotopic (exact) mass is 588 g/mol. The summed E-state index contributed by atoms with van der Waals surface area (Å²) in [6.07, 6.45) is -0.768. The number of likely N-dealkylation sites (tertiary alicyclic amines) is 1. The molecule has 2 amide bonds. The van der Waals surface area contributed by atoms with E-state index in [4.69, 9.17) is 32.7 Å². The molecule has 5 rings (SSSR count). The fourth-order valence-electron chi connectivity index (χ4n) is 5.47. The zero-order chi connectivity index (χ0) is 28.8. The Hall–Kier alpha value is -3.36. The Labute approximate surface area is 241 Å². The lowest BCUT2D eigenvalue weighted by Crippen LogP contribution is -2.43. The van der Waals surface area contributed by atoms with E-state index in [0.29, 0.717) is 38.4 Å². The summed E-state index contributed by atoms with van der Waals surface area (Å²) in [4.78, 5) is 30.7. The first-order valence-electron chi connectivity index (χ1n) is 12.8. The summed E-state index contributed by atoms with van der Waals surface area (Å²) in [6, 6.07) is 15.3. The first kappa shape index (κ1) is 28.2. The number of hydrogen-bond acceptors (Lipinski definition) is 4. The molecule has 3 aromatic rings. The van der Waals surface area contributed by atoms with Gasteiger partial charge in [-0.15, -0.1) is 0 Å².